The van der Waals surface area contributed by atoms with E-state index in [2.05, 4.69) is 26.5 Å². The van der Waals surface area contributed by atoms with Crippen LogP contribution in [0.4, 0.5) is 4.39 Å². The van der Waals surface area contributed by atoms with Gasteiger partial charge in [-0.1, -0.05) is 69.0 Å². The van der Waals surface area contributed by atoms with E-state index in [1.807, 2.05) is 42.5 Å². The summed E-state index contributed by atoms with van der Waals surface area (Å²) in [5, 5.41) is 10.1. The molecule has 3 aromatic rings. The second kappa shape index (κ2) is 9.49. The van der Waals surface area contributed by atoms with Gasteiger partial charge in [-0.05, 0) is 41.3 Å². The number of hydrogen-bond donors (Lipinski definition) is 1. The molecular weight excluding hydrogens is 401 g/mol. The van der Waals surface area contributed by atoms with Gasteiger partial charge in [0, 0.05) is 24.0 Å². The predicted octanol–water partition coefficient (Wildman–Crippen LogP) is 6.74. The maximum absolute atomic E-state index is 13.6. The summed E-state index contributed by atoms with van der Waals surface area (Å²) in [6.07, 6.45) is 4.27. The van der Waals surface area contributed by atoms with Crippen LogP contribution in [0.3, 0.4) is 0 Å². The zero-order valence-corrected chi connectivity index (χ0v) is 18.5. The summed E-state index contributed by atoms with van der Waals surface area (Å²) in [5.74, 6) is 0.500. The first-order chi connectivity index (χ1) is 15.4. The molecule has 1 fully saturated rings. The number of ether oxygens (including phenoxy) is 1. The van der Waals surface area contributed by atoms with Gasteiger partial charge in [-0.2, -0.15) is 0 Å². The molecule has 0 spiro atoms. The number of rotatable bonds is 5. The third kappa shape index (κ3) is 4.97. The average Bonchev–Trinajstić information content (AvgIpc) is 2.77. The van der Waals surface area contributed by atoms with E-state index >= 15 is 0 Å². The Bertz CT molecular complexity index is 1120. The number of aliphatic hydroxyl groups excluding tert-OH is 1. The summed E-state index contributed by atoms with van der Waals surface area (Å²) in [4.78, 5) is 5.01. The van der Waals surface area contributed by atoms with Crippen LogP contribution in [-0.2, 0) is 4.74 Å². The van der Waals surface area contributed by atoms with Crippen LogP contribution < -0.4 is 0 Å². The van der Waals surface area contributed by atoms with Crippen molar-refractivity contribution >= 4 is 6.08 Å². The monoisotopic (exact) mass is 429 g/mol. The Balaban J connectivity index is 1.85. The highest BCUT2D eigenvalue weighted by Crippen LogP contribution is 2.35. The minimum absolute atomic E-state index is 0.172. The highest BCUT2D eigenvalue weighted by Gasteiger charge is 2.22. The standard InChI is InChI=1S/C28H28FNO2/c1-18(2)28-25(14-13-24-16-23(31)15-19(3)32-24)26(20-9-11-22(29)12-10-20)17-27(30-28)21-7-5-4-6-8-21/h4-14,17-18,23-24,31H,3,15-16H2,1-2H3/b14-13+/t23-,24+/m0/s1. The Labute approximate surface area is 188 Å². The Morgan fingerprint density at radius 1 is 1.09 bits per heavy atom. The molecule has 0 amide bonds. The van der Waals surface area contributed by atoms with Gasteiger partial charge in [0.15, 0.2) is 0 Å². The molecule has 0 saturated carbocycles. The molecular formula is C28H28FNO2. The molecule has 32 heavy (non-hydrogen) atoms. The first kappa shape index (κ1) is 22.0. The van der Waals surface area contributed by atoms with Gasteiger partial charge in [0.2, 0.25) is 0 Å². The van der Waals surface area contributed by atoms with Crippen molar-refractivity contribution in [1.29, 1.82) is 0 Å². The molecule has 1 aliphatic heterocycles. The predicted molar refractivity (Wildman–Crippen MR) is 127 cm³/mol. The number of benzene rings is 2. The highest BCUT2D eigenvalue weighted by atomic mass is 19.1. The van der Waals surface area contributed by atoms with E-state index in [0.717, 1.165) is 33.6 Å². The van der Waals surface area contributed by atoms with Crippen molar-refractivity contribution in [2.45, 2.75) is 44.8 Å². The number of pyridine rings is 1. The summed E-state index contributed by atoms with van der Waals surface area (Å²) >= 11 is 0. The van der Waals surface area contributed by atoms with Crippen LogP contribution in [0.5, 0.6) is 0 Å². The lowest BCUT2D eigenvalue weighted by Crippen LogP contribution is -2.25. The lowest BCUT2D eigenvalue weighted by molar-refractivity contribution is 0.0253. The van der Waals surface area contributed by atoms with Gasteiger partial charge in [0.05, 0.1) is 23.3 Å². The summed E-state index contributed by atoms with van der Waals surface area (Å²) in [6, 6.07) is 18.7. The zero-order valence-electron chi connectivity index (χ0n) is 18.5. The van der Waals surface area contributed by atoms with E-state index in [9.17, 15) is 9.50 Å². The molecule has 1 aliphatic rings. The van der Waals surface area contributed by atoms with Gasteiger partial charge >= 0.3 is 0 Å². The second-order valence-electron chi connectivity index (χ2n) is 8.53. The Hall–Kier alpha value is -3.24. The fourth-order valence-electron chi connectivity index (χ4n) is 4.06. The molecule has 1 saturated heterocycles. The molecule has 1 aromatic heterocycles. The molecule has 3 nitrogen and oxygen atoms in total. The average molecular weight is 430 g/mol. The van der Waals surface area contributed by atoms with Crippen LogP contribution in [0.1, 0.15) is 43.9 Å². The van der Waals surface area contributed by atoms with Crippen LogP contribution in [-0.4, -0.2) is 22.3 Å². The van der Waals surface area contributed by atoms with Gasteiger partial charge in [-0.15, -0.1) is 0 Å². The molecule has 1 N–H and O–H groups in total. The lowest BCUT2D eigenvalue weighted by atomic mass is 9.91. The van der Waals surface area contributed by atoms with Crippen molar-refractivity contribution in [3.63, 3.8) is 0 Å². The van der Waals surface area contributed by atoms with Crippen molar-refractivity contribution in [3.8, 4) is 22.4 Å². The van der Waals surface area contributed by atoms with E-state index in [-0.39, 0.29) is 17.8 Å². The van der Waals surface area contributed by atoms with Gasteiger partial charge < -0.3 is 9.84 Å². The van der Waals surface area contributed by atoms with E-state index in [1.165, 1.54) is 12.1 Å². The molecule has 4 heteroatoms. The maximum Gasteiger partial charge on any atom is 0.123 e. The van der Waals surface area contributed by atoms with E-state index < -0.39 is 6.10 Å². The summed E-state index contributed by atoms with van der Waals surface area (Å²) in [7, 11) is 0. The molecule has 0 radical (unpaired) electrons. The number of aromatic nitrogens is 1. The Morgan fingerprint density at radius 2 is 1.81 bits per heavy atom. The molecule has 4 rings (SSSR count). The quantitative estimate of drug-likeness (QED) is 0.488. The zero-order chi connectivity index (χ0) is 22.7. The van der Waals surface area contributed by atoms with Gasteiger partial charge in [-0.25, -0.2) is 4.39 Å². The first-order valence-electron chi connectivity index (χ1n) is 11.0. The molecule has 2 atom stereocenters. The van der Waals surface area contributed by atoms with E-state index in [4.69, 9.17) is 9.72 Å². The SMILES string of the molecule is C=C1C[C@H](O)C[C@@H](/C=C/c2c(-c3ccc(F)cc3)cc(-c3ccccc3)nc2C(C)C)O1. The first-order valence-corrected chi connectivity index (χ1v) is 11.0. The van der Waals surface area contributed by atoms with Crippen molar-refractivity contribution in [1.82, 2.24) is 4.98 Å². The van der Waals surface area contributed by atoms with E-state index in [1.54, 1.807) is 12.1 Å². The van der Waals surface area contributed by atoms with Crippen molar-refractivity contribution in [2.24, 2.45) is 0 Å². The fourth-order valence-corrected chi connectivity index (χ4v) is 4.06. The van der Waals surface area contributed by atoms with Crippen LogP contribution in [0.2, 0.25) is 0 Å². The van der Waals surface area contributed by atoms with Crippen molar-refractivity contribution < 1.29 is 14.2 Å². The van der Waals surface area contributed by atoms with Gasteiger partial charge in [-0.3, -0.25) is 4.98 Å². The van der Waals surface area contributed by atoms with Crippen LogP contribution >= 0.6 is 0 Å². The second-order valence-corrected chi connectivity index (χ2v) is 8.53. The molecule has 0 bridgehead atoms. The summed E-state index contributed by atoms with van der Waals surface area (Å²) in [5.41, 5.74) is 5.74. The normalized spacial score (nSPS) is 18.8. The van der Waals surface area contributed by atoms with Crippen LogP contribution in [0.25, 0.3) is 28.5 Å². The van der Waals surface area contributed by atoms with Gasteiger partial charge in [0.25, 0.3) is 0 Å². The maximum atomic E-state index is 13.6. The Kier molecular flexibility index (Phi) is 6.52. The number of nitrogens with zero attached hydrogens (tertiary/aromatic N) is 1. The minimum atomic E-state index is -0.453. The highest BCUT2D eigenvalue weighted by molar-refractivity contribution is 5.80. The number of hydrogen-bond acceptors (Lipinski definition) is 3. The summed E-state index contributed by atoms with van der Waals surface area (Å²) in [6.45, 7) is 8.10. The molecule has 0 unspecified atom stereocenters. The van der Waals surface area contributed by atoms with Crippen LogP contribution in [0, 0.1) is 5.82 Å². The topological polar surface area (TPSA) is 42.4 Å². The van der Waals surface area contributed by atoms with Crippen LogP contribution in [0.15, 0.2) is 79.1 Å². The largest absolute Gasteiger partial charge is 0.491 e. The third-order valence-electron chi connectivity index (χ3n) is 5.62. The van der Waals surface area contributed by atoms with E-state index in [0.29, 0.717) is 18.6 Å². The van der Waals surface area contributed by atoms with Gasteiger partial charge in [0.1, 0.15) is 11.9 Å². The smallest absolute Gasteiger partial charge is 0.123 e. The molecule has 2 heterocycles. The number of halogens is 1. The fraction of sp³-hybridized carbons (Fsp3) is 0.250. The Morgan fingerprint density at radius 3 is 2.47 bits per heavy atom. The molecule has 0 aliphatic carbocycles. The van der Waals surface area contributed by atoms with Crippen molar-refractivity contribution in [3.05, 3.63) is 96.2 Å². The molecule has 2 aromatic carbocycles. The third-order valence-corrected chi connectivity index (χ3v) is 5.62. The molecule has 164 valence electrons. The number of aliphatic hydroxyl groups is 1. The summed E-state index contributed by atoms with van der Waals surface area (Å²) < 4.78 is 19.5. The minimum Gasteiger partial charge on any atom is -0.491 e. The van der Waals surface area contributed by atoms with Crippen molar-refractivity contribution in [2.75, 3.05) is 0 Å². The lowest BCUT2D eigenvalue weighted by Gasteiger charge is -2.27.